The van der Waals surface area contributed by atoms with Crippen molar-refractivity contribution in [3.63, 3.8) is 0 Å². The molecule has 6 heteroatoms. The predicted molar refractivity (Wildman–Crippen MR) is 333 cm³/mol. The van der Waals surface area contributed by atoms with Crippen LogP contribution in [-0.2, 0) is 0 Å². The van der Waals surface area contributed by atoms with Gasteiger partial charge in [-0.1, -0.05) is 164 Å². The van der Waals surface area contributed by atoms with Gasteiger partial charge in [0, 0.05) is 63.9 Å². The van der Waals surface area contributed by atoms with E-state index in [0.29, 0.717) is 0 Å². The SMILES string of the molecule is c1ccc(-n2c3ccccc3c3sc4ccc(-c5ccc6c(c5)oc5ccc7ccccc7c56)cc4c32)cc1.c1ccc(-n2c3ccccc3c3sc4cccc(-c5ccc6c(c5)oc5ccc7ccccc7c56)c4c32)cc1. The molecule has 0 spiro atoms. The van der Waals surface area contributed by atoms with Gasteiger partial charge in [0.1, 0.15) is 22.3 Å². The van der Waals surface area contributed by atoms with E-state index in [1.807, 2.05) is 22.7 Å². The van der Waals surface area contributed by atoms with Gasteiger partial charge in [0.05, 0.1) is 31.5 Å². The second kappa shape index (κ2) is 16.9. The first-order valence-corrected chi connectivity index (χ1v) is 28.0. The van der Waals surface area contributed by atoms with Crippen molar-refractivity contribution in [3.05, 3.63) is 255 Å². The van der Waals surface area contributed by atoms with Gasteiger partial charge >= 0.3 is 0 Å². The summed E-state index contributed by atoms with van der Waals surface area (Å²) in [5.74, 6) is 0. The van der Waals surface area contributed by atoms with Crippen molar-refractivity contribution in [2.24, 2.45) is 0 Å². The molecule has 364 valence electrons. The van der Waals surface area contributed by atoms with E-state index >= 15 is 0 Å². The Bertz CT molecular complexity index is 5460. The minimum Gasteiger partial charge on any atom is -0.456 e. The molecule has 18 rings (SSSR count). The molecule has 0 aliphatic carbocycles. The lowest BCUT2D eigenvalue weighted by Crippen LogP contribution is -1.93. The minimum atomic E-state index is 0.922. The highest BCUT2D eigenvalue weighted by Crippen LogP contribution is 2.48. The van der Waals surface area contributed by atoms with Crippen LogP contribution < -0.4 is 0 Å². The summed E-state index contributed by atoms with van der Waals surface area (Å²) in [5.41, 5.74) is 15.9. The van der Waals surface area contributed by atoms with Gasteiger partial charge in [-0.15, -0.1) is 22.7 Å². The number of thiophene rings is 2. The van der Waals surface area contributed by atoms with Crippen molar-refractivity contribution in [3.8, 4) is 33.6 Å². The zero-order chi connectivity index (χ0) is 51.0. The lowest BCUT2D eigenvalue weighted by Gasteiger charge is -2.10. The molecule has 18 aromatic rings. The molecule has 0 aliphatic heterocycles. The second-order valence-corrected chi connectivity index (χ2v) is 22.4. The molecule has 0 fully saturated rings. The zero-order valence-electron chi connectivity index (χ0n) is 41.8. The lowest BCUT2D eigenvalue weighted by molar-refractivity contribution is 0.669. The molecule has 0 unspecified atom stereocenters. The first-order chi connectivity index (χ1) is 38.7. The van der Waals surface area contributed by atoms with Crippen LogP contribution in [-0.4, -0.2) is 9.13 Å². The van der Waals surface area contributed by atoms with E-state index in [9.17, 15) is 0 Å². The Hall–Kier alpha value is -9.72. The van der Waals surface area contributed by atoms with Gasteiger partial charge in [-0.2, -0.15) is 0 Å². The van der Waals surface area contributed by atoms with Gasteiger partial charge < -0.3 is 18.0 Å². The fraction of sp³-hybridized carbons (Fsp3) is 0. The second-order valence-electron chi connectivity index (χ2n) is 20.3. The summed E-state index contributed by atoms with van der Waals surface area (Å²) in [5, 5.41) is 14.8. The number of hydrogen-bond donors (Lipinski definition) is 0. The molecule has 0 saturated carbocycles. The first kappa shape index (κ1) is 43.5. The number of fused-ring (bicyclic) bond motifs is 20. The summed E-state index contributed by atoms with van der Waals surface area (Å²) in [6.07, 6.45) is 0. The molecule has 0 aliphatic rings. The smallest absolute Gasteiger partial charge is 0.136 e. The minimum absolute atomic E-state index is 0.922. The Balaban J connectivity index is 0.000000126. The van der Waals surface area contributed by atoms with Crippen LogP contribution >= 0.6 is 22.7 Å². The summed E-state index contributed by atoms with van der Waals surface area (Å²) in [6, 6.07) is 91.3. The van der Waals surface area contributed by atoms with Crippen LogP contribution in [0.25, 0.3) is 161 Å². The Morgan fingerprint density at radius 3 is 1.40 bits per heavy atom. The number of hydrogen-bond acceptors (Lipinski definition) is 4. The quantitative estimate of drug-likeness (QED) is 0.176. The van der Waals surface area contributed by atoms with Gasteiger partial charge in [0.2, 0.25) is 0 Å². The molecule has 0 atom stereocenters. The van der Waals surface area contributed by atoms with Crippen molar-refractivity contribution in [2.75, 3.05) is 0 Å². The lowest BCUT2D eigenvalue weighted by atomic mass is 9.98. The highest BCUT2D eigenvalue weighted by molar-refractivity contribution is 7.27. The highest BCUT2D eigenvalue weighted by Gasteiger charge is 2.22. The predicted octanol–water partition coefficient (Wildman–Crippen LogP) is 21.4. The topological polar surface area (TPSA) is 36.1 Å². The van der Waals surface area contributed by atoms with E-state index in [1.165, 1.54) is 123 Å². The zero-order valence-corrected chi connectivity index (χ0v) is 43.4. The third kappa shape index (κ3) is 6.45. The largest absolute Gasteiger partial charge is 0.456 e. The van der Waals surface area contributed by atoms with Crippen LogP contribution in [0.3, 0.4) is 0 Å². The fourth-order valence-corrected chi connectivity index (χ4v) is 15.0. The Morgan fingerprint density at radius 2 is 0.769 bits per heavy atom. The van der Waals surface area contributed by atoms with Gasteiger partial charge in [0.15, 0.2) is 0 Å². The molecule has 0 bridgehead atoms. The average Bonchev–Trinajstić information content (AvgIpc) is 4.48. The standard InChI is InChI=1S/2C36H21NOS/c1-2-10-24(11-3-1)37-29-15-7-6-13-27(29)36-35(37)34-26(14-8-16-32(34)39-36)23-17-19-28-31(21-23)38-30-20-18-22-9-4-5-12-25(22)33(28)30;1-2-9-25(10-3-1)37-30-13-7-6-12-27(30)36-35(37)29-20-23(16-19-33(29)39-36)24-14-17-28-32(21-24)38-31-18-15-22-8-4-5-11-26(22)34(28)31/h2*1-21H. The van der Waals surface area contributed by atoms with Crippen molar-refractivity contribution < 1.29 is 8.83 Å². The van der Waals surface area contributed by atoms with Crippen LogP contribution in [0.5, 0.6) is 0 Å². The summed E-state index contributed by atoms with van der Waals surface area (Å²) < 4.78 is 22.9. The van der Waals surface area contributed by atoms with E-state index in [2.05, 4.69) is 264 Å². The Labute approximate surface area is 454 Å². The first-order valence-electron chi connectivity index (χ1n) is 26.4. The molecule has 12 aromatic carbocycles. The van der Waals surface area contributed by atoms with Crippen molar-refractivity contribution in [1.29, 1.82) is 0 Å². The van der Waals surface area contributed by atoms with E-state index in [4.69, 9.17) is 8.83 Å². The third-order valence-electron chi connectivity index (χ3n) is 16.0. The normalized spacial score (nSPS) is 12.1. The number of furan rings is 2. The van der Waals surface area contributed by atoms with Crippen LogP contribution in [0.2, 0.25) is 0 Å². The van der Waals surface area contributed by atoms with Crippen molar-refractivity contribution in [1.82, 2.24) is 9.13 Å². The third-order valence-corrected chi connectivity index (χ3v) is 18.3. The van der Waals surface area contributed by atoms with Crippen LogP contribution in [0, 0.1) is 0 Å². The molecule has 0 radical (unpaired) electrons. The maximum atomic E-state index is 6.44. The van der Waals surface area contributed by atoms with E-state index in [-0.39, 0.29) is 0 Å². The average molecular weight is 1030 g/mol. The molecular weight excluding hydrogens is 989 g/mol. The summed E-state index contributed by atoms with van der Waals surface area (Å²) >= 11 is 3.76. The van der Waals surface area contributed by atoms with Gasteiger partial charge in [-0.3, -0.25) is 0 Å². The molecule has 0 N–H and O–H groups in total. The van der Waals surface area contributed by atoms with Gasteiger partial charge in [-0.25, -0.2) is 0 Å². The van der Waals surface area contributed by atoms with Gasteiger partial charge in [0.25, 0.3) is 0 Å². The number of para-hydroxylation sites is 4. The Morgan fingerprint density at radius 1 is 0.282 bits per heavy atom. The summed E-state index contributed by atoms with van der Waals surface area (Å²) in [4.78, 5) is 0. The summed E-state index contributed by atoms with van der Waals surface area (Å²) in [7, 11) is 0. The van der Waals surface area contributed by atoms with Crippen molar-refractivity contribution in [2.45, 2.75) is 0 Å². The highest BCUT2D eigenvalue weighted by atomic mass is 32.1. The molecule has 6 heterocycles. The number of rotatable bonds is 4. The molecular formula is C72H42N2O2S2. The van der Waals surface area contributed by atoms with Gasteiger partial charge in [-0.05, 0) is 135 Å². The molecule has 0 saturated heterocycles. The van der Waals surface area contributed by atoms with Crippen molar-refractivity contribution >= 4 is 151 Å². The number of nitrogens with zero attached hydrogens (tertiary/aromatic N) is 2. The van der Waals surface area contributed by atoms with Crippen LogP contribution in [0.15, 0.2) is 264 Å². The number of aromatic nitrogens is 2. The summed E-state index contributed by atoms with van der Waals surface area (Å²) in [6.45, 7) is 0. The maximum absolute atomic E-state index is 6.44. The molecule has 78 heavy (non-hydrogen) atoms. The maximum Gasteiger partial charge on any atom is 0.136 e. The number of benzene rings is 12. The van der Waals surface area contributed by atoms with E-state index in [1.54, 1.807) is 0 Å². The van der Waals surface area contributed by atoms with E-state index < -0.39 is 0 Å². The molecule has 4 nitrogen and oxygen atoms in total. The molecule has 6 aromatic heterocycles. The monoisotopic (exact) mass is 1030 g/mol. The van der Waals surface area contributed by atoms with Crippen LogP contribution in [0.4, 0.5) is 0 Å². The van der Waals surface area contributed by atoms with Crippen LogP contribution in [0.1, 0.15) is 0 Å². The molecule has 0 amide bonds. The van der Waals surface area contributed by atoms with E-state index in [0.717, 1.165) is 38.7 Å². The fourth-order valence-electron chi connectivity index (χ4n) is 12.5. The Kier molecular flexibility index (Phi) is 9.42.